The maximum atomic E-state index is 11.5. The fraction of sp³-hybridized carbons (Fsp3) is 0.727. The third-order valence-electron chi connectivity index (χ3n) is 3.41. The van der Waals surface area contributed by atoms with Crippen LogP contribution in [0.4, 0.5) is 0 Å². The Hall–Kier alpha value is -0.475. The average Bonchev–Trinajstić information content (AvgIpc) is 2.53. The molecule has 2 atom stereocenters. The van der Waals surface area contributed by atoms with E-state index >= 15 is 0 Å². The number of carbonyl (C=O) groups is 1. The molecule has 2 radical (unpaired) electrons. The maximum Gasteiger partial charge on any atom is 0.349 e. The third-order valence-corrected chi connectivity index (χ3v) is 3.83. The Balaban J connectivity index is 2.11. The predicted molar refractivity (Wildman–Crippen MR) is 63.1 cm³/mol. The Kier molecular flexibility index (Phi) is 3.60. The van der Waals surface area contributed by atoms with Gasteiger partial charge in [-0.15, -0.1) is 0 Å². The number of rotatable bonds is 2. The molecule has 2 fully saturated rings. The van der Waals surface area contributed by atoms with E-state index in [1.807, 2.05) is 4.81 Å². The van der Waals surface area contributed by atoms with Crippen LogP contribution in [-0.4, -0.2) is 37.5 Å². The highest BCUT2D eigenvalue weighted by molar-refractivity contribution is 6.41. The molecule has 2 saturated heterocycles. The monoisotopic (exact) mass is 239 g/mol. The van der Waals surface area contributed by atoms with Crippen molar-refractivity contribution >= 4 is 25.6 Å². The van der Waals surface area contributed by atoms with Gasteiger partial charge in [0, 0.05) is 12.1 Å². The minimum atomic E-state index is -0.399. The number of halogens is 1. The smallest absolute Gasteiger partial charge is 0.349 e. The predicted octanol–water partition coefficient (Wildman–Crippen LogP) is 1.75. The number of piperidine rings is 1. The lowest BCUT2D eigenvalue weighted by Crippen LogP contribution is -2.38. The summed E-state index contributed by atoms with van der Waals surface area (Å²) in [6.45, 7) is 2.14. The van der Waals surface area contributed by atoms with E-state index in [2.05, 4.69) is 0 Å². The number of ether oxygens (including phenoxy) is 1. The summed E-state index contributed by atoms with van der Waals surface area (Å²) >= 11 is 6.04. The first-order valence-electron chi connectivity index (χ1n) is 5.71. The molecule has 3 nitrogen and oxygen atoms in total. The molecule has 2 bridgehead atoms. The van der Waals surface area contributed by atoms with E-state index < -0.39 is 5.97 Å². The molecule has 5 heteroatoms. The van der Waals surface area contributed by atoms with Crippen LogP contribution < -0.4 is 0 Å². The fourth-order valence-corrected chi connectivity index (χ4v) is 2.78. The first kappa shape index (κ1) is 12.0. The average molecular weight is 240 g/mol. The van der Waals surface area contributed by atoms with Crippen LogP contribution in [0.5, 0.6) is 0 Å². The van der Waals surface area contributed by atoms with Gasteiger partial charge in [0.2, 0.25) is 0 Å². The number of hydrogen-bond donors (Lipinski definition) is 0. The van der Waals surface area contributed by atoms with Crippen LogP contribution in [0.15, 0.2) is 10.6 Å². The van der Waals surface area contributed by atoms with Crippen molar-refractivity contribution in [2.45, 2.75) is 44.7 Å². The quantitative estimate of drug-likeness (QED) is 0.418. The molecule has 2 rings (SSSR count). The SMILES string of the molecule is [B]N1C2CCC1CC(=C(Cl)C(=O)OCC)C2. The zero-order valence-electron chi connectivity index (χ0n) is 9.41. The van der Waals surface area contributed by atoms with Gasteiger partial charge >= 0.3 is 5.97 Å². The van der Waals surface area contributed by atoms with Gasteiger partial charge in [0.15, 0.2) is 7.98 Å². The highest BCUT2D eigenvalue weighted by Crippen LogP contribution is 2.38. The summed E-state index contributed by atoms with van der Waals surface area (Å²) in [5.74, 6) is -0.399. The number of nitrogens with zero attached hydrogens (tertiary/aromatic N) is 1. The van der Waals surface area contributed by atoms with Gasteiger partial charge in [-0.05, 0) is 38.2 Å². The van der Waals surface area contributed by atoms with Crippen molar-refractivity contribution in [2.75, 3.05) is 6.61 Å². The Morgan fingerprint density at radius 3 is 2.56 bits per heavy atom. The molecule has 0 aromatic heterocycles. The second kappa shape index (κ2) is 4.80. The lowest BCUT2D eigenvalue weighted by atomic mass is 9.93. The van der Waals surface area contributed by atoms with Gasteiger partial charge in [-0.3, -0.25) is 0 Å². The second-order valence-electron chi connectivity index (χ2n) is 4.38. The number of esters is 1. The highest BCUT2D eigenvalue weighted by Gasteiger charge is 2.36. The molecule has 2 unspecified atom stereocenters. The van der Waals surface area contributed by atoms with E-state index in [0.717, 1.165) is 31.3 Å². The molecule has 0 spiro atoms. The van der Waals surface area contributed by atoms with Crippen LogP contribution in [0.1, 0.15) is 32.6 Å². The summed E-state index contributed by atoms with van der Waals surface area (Å²) in [6.07, 6.45) is 3.78. The molecule has 86 valence electrons. The molecule has 0 aromatic carbocycles. The van der Waals surface area contributed by atoms with Gasteiger partial charge in [0.1, 0.15) is 5.03 Å². The van der Waals surface area contributed by atoms with Gasteiger partial charge in [-0.25, -0.2) is 4.79 Å². The maximum absolute atomic E-state index is 11.5. The largest absolute Gasteiger partial charge is 0.462 e. The lowest BCUT2D eigenvalue weighted by Gasteiger charge is -2.33. The summed E-state index contributed by atoms with van der Waals surface area (Å²) in [5, 5.41) is 0.270. The zero-order valence-corrected chi connectivity index (χ0v) is 10.2. The molecular formula is C11H15BClNO2. The topological polar surface area (TPSA) is 29.5 Å². The molecule has 0 N–H and O–H groups in total. The Morgan fingerprint density at radius 1 is 1.50 bits per heavy atom. The summed E-state index contributed by atoms with van der Waals surface area (Å²) in [5.41, 5.74) is 1.01. The fourth-order valence-electron chi connectivity index (χ4n) is 2.57. The Morgan fingerprint density at radius 2 is 2.06 bits per heavy atom. The van der Waals surface area contributed by atoms with Crippen LogP contribution in [0.25, 0.3) is 0 Å². The molecule has 2 heterocycles. The summed E-state index contributed by atoms with van der Waals surface area (Å²) in [6, 6.07) is 0.689. The molecule has 0 aromatic rings. The van der Waals surface area contributed by atoms with E-state index in [-0.39, 0.29) is 5.03 Å². The van der Waals surface area contributed by atoms with E-state index in [1.54, 1.807) is 6.92 Å². The normalized spacial score (nSPS) is 29.2. The van der Waals surface area contributed by atoms with Gasteiger partial charge in [0.05, 0.1) is 6.61 Å². The van der Waals surface area contributed by atoms with Crippen molar-refractivity contribution in [3.8, 4) is 0 Å². The zero-order chi connectivity index (χ0) is 11.7. The number of fused-ring (bicyclic) bond motifs is 2. The van der Waals surface area contributed by atoms with Gasteiger partial charge < -0.3 is 9.55 Å². The first-order valence-corrected chi connectivity index (χ1v) is 6.09. The molecule has 2 aliphatic heterocycles. The van der Waals surface area contributed by atoms with Crippen LogP contribution in [0.2, 0.25) is 0 Å². The summed E-state index contributed by atoms with van der Waals surface area (Å²) in [7, 11) is 5.93. The standard InChI is InChI=1S/C11H15BClNO2/c1-2-16-11(15)10(13)7-5-8-3-4-9(6-7)14(8)12/h8-9H,2-6H2,1H3. The third kappa shape index (κ3) is 2.13. The van der Waals surface area contributed by atoms with E-state index in [9.17, 15) is 4.79 Å². The van der Waals surface area contributed by atoms with Crippen LogP contribution in [0.3, 0.4) is 0 Å². The minimum Gasteiger partial charge on any atom is -0.462 e. The number of hydrogen-bond acceptors (Lipinski definition) is 3. The number of carbonyl (C=O) groups excluding carboxylic acids is 1. The van der Waals surface area contributed by atoms with Gasteiger partial charge in [0.25, 0.3) is 0 Å². The minimum absolute atomic E-state index is 0.270. The van der Waals surface area contributed by atoms with E-state index in [0.29, 0.717) is 18.7 Å². The molecule has 2 aliphatic rings. The van der Waals surface area contributed by atoms with Crippen molar-refractivity contribution < 1.29 is 9.53 Å². The van der Waals surface area contributed by atoms with Crippen LogP contribution in [-0.2, 0) is 9.53 Å². The van der Waals surface area contributed by atoms with E-state index in [4.69, 9.17) is 24.3 Å². The molecule has 0 aliphatic carbocycles. The summed E-state index contributed by atoms with van der Waals surface area (Å²) < 4.78 is 4.90. The van der Waals surface area contributed by atoms with Crippen LogP contribution in [0, 0.1) is 0 Å². The van der Waals surface area contributed by atoms with Crippen molar-refractivity contribution in [3.63, 3.8) is 0 Å². The van der Waals surface area contributed by atoms with Crippen molar-refractivity contribution in [3.05, 3.63) is 10.6 Å². The Bertz CT molecular complexity index is 316. The van der Waals surface area contributed by atoms with Crippen molar-refractivity contribution in [1.29, 1.82) is 0 Å². The molecular weight excluding hydrogens is 224 g/mol. The lowest BCUT2D eigenvalue weighted by molar-refractivity contribution is -0.137. The van der Waals surface area contributed by atoms with E-state index in [1.165, 1.54) is 0 Å². The van der Waals surface area contributed by atoms with Crippen molar-refractivity contribution in [1.82, 2.24) is 4.81 Å². The molecule has 0 amide bonds. The molecule has 0 saturated carbocycles. The second-order valence-corrected chi connectivity index (χ2v) is 4.76. The summed E-state index contributed by atoms with van der Waals surface area (Å²) in [4.78, 5) is 13.4. The molecule has 16 heavy (non-hydrogen) atoms. The van der Waals surface area contributed by atoms with Gasteiger partial charge in [-0.1, -0.05) is 11.6 Å². The van der Waals surface area contributed by atoms with Crippen molar-refractivity contribution in [2.24, 2.45) is 0 Å². The van der Waals surface area contributed by atoms with Crippen LogP contribution >= 0.6 is 11.6 Å². The Labute approximate surface area is 102 Å². The first-order chi connectivity index (χ1) is 7.63. The highest BCUT2D eigenvalue weighted by atomic mass is 35.5. The van der Waals surface area contributed by atoms with Gasteiger partial charge in [-0.2, -0.15) is 0 Å².